The van der Waals surface area contributed by atoms with Gasteiger partial charge < -0.3 is 10.5 Å². The maximum atomic E-state index is 5.91. The zero-order valence-corrected chi connectivity index (χ0v) is 11.9. The van der Waals surface area contributed by atoms with Crippen LogP contribution in [-0.4, -0.2) is 16.1 Å². The fourth-order valence-corrected chi connectivity index (χ4v) is 3.17. The van der Waals surface area contributed by atoms with Gasteiger partial charge in [0.25, 0.3) is 0 Å². The van der Waals surface area contributed by atoms with E-state index in [1.54, 1.807) is 6.07 Å². The van der Waals surface area contributed by atoms with E-state index < -0.39 is 0 Å². The molecule has 100 valence electrons. The number of halogens is 1. The Morgan fingerprint density at radius 2 is 2.11 bits per heavy atom. The number of hydrogen-bond acceptors (Lipinski definition) is 4. The average molecular weight is 270 g/mol. The molecule has 0 aliphatic heterocycles. The van der Waals surface area contributed by atoms with Crippen molar-refractivity contribution in [1.82, 2.24) is 9.97 Å². The summed E-state index contributed by atoms with van der Waals surface area (Å²) in [5, 5.41) is 0.320. The number of nitrogen functional groups attached to an aromatic ring is 1. The van der Waals surface area contributed by atoms with E-state index >= 15 is 0 Å². The average Bonchev–Trinajstić information content (AvgIpc) is 2.10. The summed E-state index contributed by atoms with van der Waals surface area (Å²) < 4.78 is 5.91. The minimum Gasteiger partial charge on any atom is -0.474 e. The molecule has 0 saturated heterocycles. The van der Waals surface area contributed by atoms with E-state index in [9.17, 15) is 0 Å². The molecule has 0 spiro atoms. The first kappa shape index (κ1) is 13.4. The third-order valence-corrected chi connectivity index (χ3v) is 3.52. The molecule has 1 aliphatic carbocycles. The molecule has 2 atom stereocenters. The highest BCUT2D eigenvalue weighted by molar-refractivity contribution is 6.29. The van der Waals surface area contributed by atoms with Gasteiger partial charge in [-0.05, 0) is 30.6 Å². The molecule has 0 amide bonds. The second-order valence-electron chi connectivity index (χ2n) is 6.04. The zero-order chi connectivity index (χ0) is 13.3. The number of hydrogen-bond donors (Lipinski definition) is 1. The van der Waals surface area contributed by atoms with Gasteiger partial charge in [0.1, 0.15) is 11.3 Å². The summed E-state index contributed by atoms with van der Waals surface area (Å²) in [5.74, 6) is 1.29. The summed E-state index contributed by atoms with van der Waals surface area (Å²) in [6, 6.07) is 1.62. The first-order valence-electron chi connectivity index (χ1n) is 6.31. The SMILES string of the molecule is CC1CC(Oc2cc(Cl)nc(N)n2)CC(C)(C)C1. The molecule has 0 bridgehead atoms. The Morgan fingerprint density at radius 3 is 2.72 bits per heavy atom. The summed E-state index contributed by atoms with van der Waals surface area (Å²) in [5.41, 5.74) is 5.87. The van der Waals surface area contributed by atoms with E-state index in [2.05, 4.69) is 30.7 Å². The summed E-state index contributed by atoms with van der Waals surface area (Å²) in [4.78, 5) is 7.88. The van der Waals surface area contributed by atoms with Gasteiger partial charge in [0, 0.05) is 6.07 Å². The maximum Gasteiger partial charge on any atom is 0.224 e. The van der Waals surface area contributed by atoms with Gasteiger partial charge in [0.05, 0.1) is 0 Å². The van der Waals surface area contributed by atoms with Crippen LogP contribution in [0.25, 0.3) is 0 Å². The molecule has 1 aromatic heterocycles. The Labute approximate surface area is 113 Å². The van der Waals surface area contributed by atoms with E-state index in [0.717, 1.165) is 12.8 Å². The number of aromatic nitrogens is 2. The molecule has 1 aliphatic rings. The minimum atomic E-state index is 0.153. The van der Waals surface area contributed by atoms with Crippen LogP contribution in [0.1, 0.15) is 40.0 Å². The fourth-order valence-electron chi connectivity index (χ4n) is 2.99. The molecule has 0 radical (unpaired) electrons. The molecule has 2 N–H and O–H groups in total. The van der Waals surface area contributed by atoms with Gasteiger partial charge in [-0.1, -0.05) is 32.4 Å². The summed E-state index contributed by atoms with van der Waals surface area (Å²) in [6.45, 7) is 6.82. The summed E-state index contributed by atoms with van der Waals surface area (Å²) in [7, 11) is 0. The predicted molar refractivity (Wildman–Crippen MR) is 72.7 cm³/mol. The molecule has 2 unspecified atom stereocenters. The van der Waals surface area contributed by atoms with Gasteiger partial charge >= 0.3 is 0 Å². The second-order valence-corrected chi connectivity index (χ2v) is 6.43. The normalized spacial score (nSPS) is 26.9. The number of rotatable bonds is 2. The van der Waals surface area contributed by atoms with Crippen LogP contribution < -0.4 is 10.5 Å². The van der Waals surface area contributed by atoms with Crippen molar-refractivity contribution >= 4 is 17.5 Å². The largest absolute Gasteiger partial charge is 0.474 e. The smallest absolute Gasteiger partial charge is 0.224 e. The van der Waals surface area contributed by atoms with Crippen molar-refractivity contribution in [3.63, 3.8) is 0 Å². The molecule has 1 saturated carbocycles. The second kappa shape index (κ2) is 4.92. The van der Waals surface area contributed by atoms with Gasteiger partial charge in [-0.3, -0.25) is 0 Å². The van der Waals surface area contributed by atoms with Crippen molar-refractivity contribution in [3.8, 4) is 5.88 Å². The quantitative estimate of drug-likeness (QED) is 0.837. The van der Waals surface area contributed by atoms with Gasteiger partial charge in [0.2, 0.25) is 11.8 Å². The van der Waals surface area contributed by atoms with Gasteiger partial charge in [-0.2, -0.15) is 4.98 Å². The van der Waals surface area contributed by atoms with E-state index in [0.29, 0.717) is 22.4 Å². The Hall–Kier alpha value is -1.03. The van der Waals surface area contributed by atoms with E-state index in [-0.39, 0.29) is 12.1 Å². The van der Waals surface area contributed by atoms with Crippen molar-refractivity contribution < 1.29 is 4.74 Å². The van der Waals surface area contributed by atoms with Crippen LogP contribution in [-0.2, 0) is 0 Å². The van der Waals surface area contributed by atoms with Crippen molar-refractivity contribution in [3.05, 3.63) is 11.2 Å². The van der Waals surface area contributed by atoms with Crippen LogP contribution in [0, 0.1) is 11.3 Å². The highest BCUT2D eigenvalue weighted by atomic mass is 35.5. The lowest BCUT2D eigenvalue weighted by Gasteiger charge is -2.38. The van der Waals surface area contributed by atoms with Crippen LogP contribution in [0.2, 0.25) is 5.15 Å². The number of anilines is 1. The van der Waals surface area contributed by atoms with Crippen LogP contribution in [0.5, 0.6) is 5.88 Å². The predicted octanol–water partition coefficient (Wildman–Crippen LogP) is 3.31. The molecule has 4 nitrogen and oxygen atoms in total. The lowest BCUT2D eigenvalue weighted by Crippen LogP contribution is -2.34. The molecule has 1 aromatic rings. The van der Waals surface area contributed by atoms with Crippen LogP contribution in [0.3, 0.4) is 0 Å². The Bertz CT molecular complexity index is 416. The molecule has 1 heterocycles. The highest BCUT2D eigenvalue weighted by Crippen LogP contribution is 2.39. The van der Waals surface area contributed by atoms with Crippen LogP contribution in [0.15, 0.2) is 6.07 Å². The minimum absolute atomic E-state index is 0.153. The van der Waals surface area contributed by atoms with Crippen LogP contribution >= 0.6 is 11.6 Å². The van der Waals surface area contributed by atoms with Gasteiger partial charge in [0.15, 0.2) is 0 Å². The molecular weight excluding hydrogens is 250 g/mol. The molecule has 2 rings (SSSR count). The maximum absolute atomic E-state index is 5.91. The summed E-state index contributed by atoms with van der Waals surface area (Å²) in [6.07, 6.45) is 3.48. The van der Waals surface area contributed by atoms with Crippen LogP contribution in [0.4, 0.5) is 5.95 Å². The third-order valence-electron chi connectivity index (χ3n) is 3.32. The topological polar surface area (TPSA) is 61.0 Å². The lowest BCUT2D eigenvalue weighted by atomic mass is 9.71. The standard InChI is InChI=1S/C13H20ClN3O/c1-8-4-9(7-13(2,3)6-8)18-11-5-10(14)16-12(15)17-11/h5,8-9H,4,6-7H2,1-3H3,(H2,15,16,17). The van der Waals surface area contributed by atoms with Crippen molar-refractivity contribution in [1.29, 1.82) is 0 Å². The van der Waals surface area contributed by atoms with Crippen molar-refractivity contribution in [2.24, 2.45) is 11.3 Å². The first-order chi connectivity index (χ1) is 8.34. The van der Waals surface area contributed by atoms with Crippen molar-refractivity contribution in [2.75, 3.05) is 5.73 Å². The van der Waals surface area contributed by atoms with Gasteiger partial charge in [-0.25, -0.2) is 4.98 Å². The number of nitrogens with two attached hydrogens (primary N) is 1. The van der Waals surface area contributed by atoms with E-state index in [1.807, 2.05) is 0 Å². The molecule has 0 aromatic carbocycles. The first-order valence-corrected chi connectivity index (χ1v) is 6.68. The summed E-state index contributed by atoms with van der Waals surface area (Å²) >= 11 is 5.84. The van der Waals surface area contributed by atoms with E-state index in [4.69, 9.17) is 22.1 Å². The number of ether oxygens (including phenoxy) is 1. The molecule has 18 heavy (non-hydrogen) atoms. The highest BCUT2D eigenvalue weighted by Gasteiger charge is 2.33. The lowest BCUT2D eigenvalue weighted by molar-refractivity contribution is 0.0533. The Morgan fingerprint density at radius 1 is 1.39 bits per heavy atom. The zero-order valence-electron chi connectivity index (χ0n) is 11.1. The Kier molecular flexibility index (Phi) is 3.66. The fraction of sp³-hybridized carbons (Fsp3) is 0.692. The molecule has 5 heteroatoms. The monoisotopic (exact) mass is 269 g/mol. The Balaban J connectivity index is 2.08. The molecular formula is C13H20ClN3O. The molecule has 1 fully saturated rings. The third kappa shape index (κ3) is 3.48. The van der Waals surface area contributed by atoms with Gasteiger partial charge in [-0.15, -0.1) is 0 Å². The van der Waals surface area contributed by atoms with E-state index in [1.165, 1.54) is 6.42 Å². The number of nitrogens with zero attached hydrogens (tertiary/aromatic N) is 2. The van der Waals surface area contributed by atoms with Crippen molar-refractivity contribution in [2.45, 2.75) is 46.1 Å².